The third-order valence-electron chi connectivity index (χ3n) is 6.04. The molecule has 1 amide bonds. The first-order valence-electron chi connectivity index (χ1n) is 11.0. The van der Waals surface area contributed by atoms with Crippen LogP contribution in [0.1, 0.15) is 40.4 Å². The number of benzene rings is 2. The van der Waals surface area contributed by atoms with Crippen molar-refractivity contribution in [3.05, 3.63) is 88.6 Å². The van der Waals surface area contributed by atoms with Crippen LogP contribution in [0.25, 0.3) is 0 Å². The minimum Gasteiger partial charge on any atom is -0.369 e. The first-order chi connectivity index (χ1) is 16.6. The van der Waals surface area contributed by atoms with E-state index >= 15 is 4.39 Å². The number of nitrogens with zero attached hydrogens (tertiary/aromatic N) is 3. The van der Waals surface area contributed by atoms with Crippen LogP contribution in [-0.2, 0) is 30.2 Å². The van der Waals surface area contributed by atoms with E-state index in [1.165, 1.54) is 23.4 Å². The van der Waals surface area contributed by atoms with E-state index in [2.05, 4.69) is 9.97 Å². The molecule has 3 aromatic rings. The molecule has 0 aliphatic carbocycles. The quantitative estimate of drug-likeness (QED) is 0.486. The summed E-state index contributed by atoms with van der Waals surface area (Å²) in [5.74, 6) is -1.18. The van der Waals surface area contributed by atoms with Gasteiger partial charge in [0.25, 0.3) is 0 Å². The number of carbonyl (C=O) groups excluding carboxylic acids is 1. The fourth-order valence-corrected chi connectivity index (χ4v) is 4.29. The largest absolute Gasteiger partial charge is 0.416 e. The van der Waals surface area contributed by atoms with Crippen molar-refractivity contribution in [1.82, 2.24) is 9.97 Å². The molecule has 2 N–H and O–H groups in total. The van der Waals surface area contributed by atoms with Crippen LogP contribution in [0, 0.1) is 5.82 Å². The van der Waals surface area contributed by atoms with Gasteiger partial charge in [0.05, 0.1) is 30.3 Å². The van der Waals surface area contributed by atoms with Gasteiger partial charge in [0.1, 0.15) is 12.5 Å². The Hall–Kier alpha value is -3.56. The maximum absolute atomic E-state index is 15.4. The molecule has 1 saturated heterocycles. The van der Waals surface area contributed by atoms with Gasteiger partial charge in [0, 0.05) is 6.42 Å². The molecule has 1 fully saturated rings. The highest BCUT2D eigenvalue weighted by molar-refractivity contribution is 5.76. The molecule has 0 unspecified atom stereocenters. The van der Waals surface area contributed by atoms with Crippen molar-refractivity contribution >= 4 is 11.7 Å². The third kappa shape index (κ3) is 5.75. The summed E-state index contributed by atoms with van der Waals surface area (Å²) in [5, 5.41) is 0. The smallest absolute Gasteiger partial charge is 0.369 e. The van der Waals surface area contributed by atoms with Gasteiger partial charge in [-0.2, -0.15) is 13.2 Å². The molecule has 2 aromatic carbocycles. The summed E-state index contributed by atoms with van der Waals surface area (Å²) in [7, 11) is 0. The Labute approximate surface area is 198 Å². The second-order valence-corrected chi connectivity index (χ2v) is 8.54. The topological polar surface area (TPSA) is 72.1 Å². The Morgan fingerprint density at radius 1 is 1.00 bits per heavy atom. The maximum Gasteiger partial charge on any atom is 0.416 e. The van der Waals surface area contributed by atoms with Gasteiger partial charge in [-0.3, -0.25) is 4.79 Å². The van der Waals surface area contributed by atoms with Gasteiger partial charge in [-0.25, -0.2) is 18.7 Å². The monoisotopic (exact) mass is 490 g/mol. The van der Waals surface area contributed by atoms with E-state index in [1.807, 2.05) is 12.1 Å². The van der Waals surface area contributed by atoms with Crippen molar-refractivity contribution in [2.45, 2.75) is 44.1 Å². The predicted molar refractivity (Wildman–Crippen MR) is 120 cm³/mol. The van der Waals surface area contributed by atoms with E-state index in [1.54, 1.807) is 12.1 Å². The summed E-state index contributed by atoms with van der Waals surface area (Å²) in [6.45, 7) is -0.125. The number of halogens is 5. The molecule has 184 valence electrons. The number of hydrogen-bond acceptors (Lipinski definition) is 4. The van der Waals surface area contributed by atoms with E-state index < -0.39 is 35.7 Å². The molecule has 1 aliphatic rings. The normalized spacial score (nSPS) is 18.1. The van der Waals surface area contributed by atoms with Gasteiger partial charge >= 0.3 is 6.18 Å². The first kappa shape index (κ1) is 24.6. The van der Waals surface area contributed by atoms with Crippen LogP contribution in [0.2, 0.25) is 0 Å². The van der Waals surface area contributed by atoms with E-state index in [9.17, 15) is 22.4 Å². The number of nitrogens with two attached hydrogens (primary N) is 1. The number of anilines is 1. The van der Waals surface area contributed by atoms with E-state index in [0.29, 0.717) is 12.0 Å². The predicted octanol–water partition coefficient (Wildman–Crippen LogP) is 4.74. The Morgan fingerprint density at radius 3 is 2.29 bits per heavy atom. The number of rotatable bonds is 7. The summed E-state index contributed by atoms with van der Waals surface area (Å²) < 4.78 is 68.5. The number of alkyl halides is 4. The number of hydrogen-bond donors (Lipinski definition) is 1. The number of primary amides is 1. The van der Waals surface area contributed by atoms with Crippen molar-refractivity contribution in [3.63, 3.8) is 0 Å². The maximum atomic E-state index is 15.4. The lowest BCUT2D eigenvalue weighted by Crippen LogP contribution is -2.26. The number of aryl methyl sites for hydroxylation is 2. The first-order valence-corrected chi connectivity index (χ1v) is 11.0. The highest BCUT2D eigenvalue weighted by Gasteiger charge is 2.37. The van der Waals surface area contributed by atoms with Crippen LogP contribution < -0.4 is 10.6 Å². The van der Waals surface area contributed by atoms with Crippen LogP contribution in [0.5, 0.6) is 0 Å². The van der Waals surface area contributed by atoms with Gasteiger partial charge in [-0.15, -0.1) is 0 Å². The molecular formula is C25H23F5N4O. The minimum absolute atomic E-state index is 0.0157. The summed E-state index contributed by atoms with van der Waals surface area (Å²) >= 11 is 0. The lowest BCUT2D eigenvalue weighted by molar-refractivity contribution is -0.137. The summed E-state index contributed by atoms with van der Waals surface area (Å²) in [6.07, 6.45) is -3.67. The lowest BCUT2D eigenvalue weighted by atomic mass is 10.0. The molecule has 5 nitrogen and oxygen atoms in total. The van der Waals surface area contributed by atoms with Crippen LogP contribution in [-0.4, -0.2) is 28.6 Å². The molecular weight excluding hydrogens is 467 g/mol. The second-order valence-electron chi connectivity index (χ2n) is 8.54. The molecule has 0 bridgehead atoms. The molecule has 2 atom stereocenters. The standard InChI is InChI=1S/C25H23F5N4O/c26-19-12-21(17-6-8-18(9-7-17)25(28,29)30)34(13-19)24-23(27)20(32-14-33-24)10-5-15-1-3-16(4-2-15)11-22(31)35/h1-4,6-9,14,19,21H,5,10-13H2,(H2,31,35)/t19-,21+/m0/s1. The third-order valence-corrected chi connectivity index (χ3v) is 6.04. The van der Waals surface area contributed by atoms with Crippen molar-refractivity contribution in [2.75, 3.05) is 11.4 Å². The van der Waals surface area contributed by atoms with E-state index in [4.69, 9.17) is 5.73 Å². The summed E-state index contributed by atoms with van der Waals surface area (Å²) in [6, 6.07) is 11.0. The van der Waals surface area contributed by atoms with Gasteiger partial charge in [-0.05, 0) is 41.7 Å². The lowest BCUT2D eigenvalue weighted by Gasteiger charge is -2.26. The number of amides is 1. The highest BCUT2D eigenvalue weighted by atomic mass is 19.4. The van der Waals surface area contributed by atoms with Gasteiger partial charge in [-0.1, -0.05) is 36.4 Å². The molecule has 2 heterocycles. The van der Waals surface area contributed by atoms with Gasteiger partial charge < -0.3 is 10.6 Å². The zero-order valence-electron chi connectivity index (χ0n) is 18.6. The Morgan fingerprint density at radius 2 is 1.66 bits per heavy atom. The Balaban J connectivity index is 1.52. The SMILES string of the molecule is NC(=O)Cc1ccc(CCc2ncnc(N3C[C@@H](F)C[C@@H]3c3ccc(C(F)(F)F)cc3)c2F)cc1. The van der Waals surface area contributed by atoms with Crippen molar-refractivity contribution in [3.8, 4) is 0 Å². The van der Waals surface area contributed by atoms with Crippen LogP contribution in [0.3, 0.4) is 0 Å². The van der Waals surface area contributed by atoms with Crippen LogP contribution in [0.15, 0.2) is 54.9 Å². The van der Waals surface area contributed by atoms with Crippen LogP contribution >= 0.6 is 0 Å². The average Bonchev–Trinajstić information content (AvgIpc) is 3.20. The van der Waals surface area contributed by atoms with Gasteiger partial charge in [0.2, 0.25) is 5.91 Å². The average molecular weight is 490 g/mol. The Bertz CT molecular complexity index is 1180. The van der Waals surface area contributed by atoms with Crippen molar-refractivity contribution < 1.29 is 26.7 Å². The fraction of sp³-hybridized carbons (Fsp3) is 0.320. The zero-order chi connectivity index (χ0) is 25.2. The number of carbonyl (C=O) groups is 1. The molecule has 1 aliphatic heterocycles. The second kappa shape index (κ2) is 9.97. The molecule has 4 rings (SSSR count). The fourth-order valence-electron chi connectivity index (χ4n) is 4.29. The van der Waals surface area contributed by atoms with Gasteiger partial charge in [0.15, 0.2) is 11.6 Å². The minimum atomic E-state index is -4.48. The zero-order valence-corrected chi connectivity index (χ0v) is 18.6. The van der Waals surface area contributed by atoms with E-state index in [0.717, 1.165) is 23.3 Å². The van der Waals surface area contributed by atoms with Crippen molar-refractivity contribution in [1.29, 1.82) is 0 Å². The molecule has 10 heteroatoms. The number of aromatic nitrogens is 2. The molecule has 0 spiro atoms. The Kier molecular flexibility index (Phi) is 7.00. The molecule has 0 radical (unpaired) electrons. The molecule has 35 heavy (non-hydrogen) atoms. The van der Waals surface area contributed by atoms with Crippen LogP contribution in [0.4, 0.5) is 27.8 Å². The van der Waals surface area contributed by atoms with E-state index in [-0.39, 0.29) is 37.3 Å². The van der Waals surface area contributed by atoms with Crippen molar-refractivity contribution in [2.24, 2.45) is 5.73 Å². The summed E-state index contributed by atoms with van der Waals surface area (Å²) in [5.41, 5.74) is 6.68. The summed E-state index contributed by atoms with van der Waals surface area (Å²) in [4.78, 5) is 20.6. The molecule has 1 aromatic heterocycles. The molecule has 0 saturated carbocycles. The highest BCUT2D eigenvalue weighted by Crippen LogP contribution is 2.39.